The number of benzene rings is 2. The van der Waals surface area contributed by atoms with Crippen LogP contribution in [0.15, 0.2) is 42.5 Å². The average molecular weight is 367 g/mol. The van der Waals surface area contributed by atoms with Gasteiger partial charge < -0.3 is 20.3 Å². The van der Waals surface area contributed by atoms with Gasteiger partial charge in [-0.1, -0.05) is 18.2 Å². The van der Waals surface area contributed by atoms with Crippen LogP contribution in [0.25, 0.3) is 0 Å². The third-order valence-electron chi connectivity index (χ3n) is 4.95. The fourth-order valence-electron chi connectivity index (χ4n) is 3.21. The molecule has 0 spiro atoms. The molecule has 2 amide bonds. The molecule has 6 heteroatoms. The van der Waals surface area contributed by atoms with Gasteiger partial charge in [0.1, 0.15) is 5.75 Å². The van der Waals surface area contributed by atoms with Crippen LogP contribution < -0.4 is 10.5 Å². The number of carbonyl (C=O) groups is 2. The Morgan fingerprint density at radius 2 is 1.44 bits per heavy atom. The fraction of sp³-hybridized carbons (Fsp3) is 0.333. The highest BCUT2D eigenvalue weighted by Crippen LogP contribution is 2.21. The number of nitrogens with zero attached hydrogens (tertiary/aromatic N) is 2. The number of methoxy groups -OCH3 is 1. The summed E-state index contributed by atoms with van der Waals surface area (Å²) >= 11 is 0. The molecule has 0 aliphatic carbocycles. The van der Waals surface area contributed by atoms with Crippen LogP contribution in [-0.4, -0.2) is 54.9 Å². The van der Waals surface area contributed by atoms with Crippen LogP contribution in [0.1, 0.15) is 31.8 Å². The third kappa shape index (κ3) is 4.11. The monoisotopic (exact) mass is 367 g/mol. The molecule has 1 fully saturated rings. The van der Waals surface area contributed by atoms with Gasteiger partial charge >= 0.3 is 0 Å². The lowest BCUT2D eigenvalue weighted by atomic mass is 10.1. The summed E-state index contributed by atoms with van der Waals surface area (Å²) in [5.41, 5.74) is 8.84. The molecule has 2 aromatic carbocycles. The van der Waals surface area contributed by atoms with Crippen molar-refractivity contribution in [1.29, 1.82) is 0 Å². The van der Waals surface area contributed by atoms with E-state index in [4.69, 9.17) is 10.5 Å². The summed E-state index contributed by atoms with van der Waals surface area (Å²) in [7, 11) is 1.60. The van der Waals surface area contributed by atoms with Crippen molar-refractivity contribution < 1.29 is 14.3 Å². The van der Waals surface area contributed by atoms with Gasteiger partial charge in [-0.2, -0.15) is 0 Å². The smallest absolute Gasteiger partial charge is 0.254 e. The number of rotatable bonds is 4. The second kappa shape index (κ2) is 8.22. The summed E-state index contributed by atoms with van der Waals surface area (Å²) in [6.07, 6.45) is 0. The highest BCUT2D eigenvalue weighted by atomic mass is 16.5. The topological polar surface area (TPSA) is 75.9 Å². The van der Waals surface area contributed by atoms with Gasteiger partial charge in [0.15, 0.2) is 0 Å². The van der Waals surface area contributed by atoms with Crippen LogP contribution in [0.5, 0.6) is 5.75 Å². The Morgan fingerprint density at radius 1 is 0.926 bits per heavy atom. The van der Waals surface area contributed by atoms with Gasteiger partial charge in [-0.25, -0.2) is 0 Å². The molecule has 1 saturated heterocycles. The quantitative estimate of drug-likeness (QED) is 0.897. The van der Waals surface area contributed by atoms with Gasteiger partial charge in [0.25, 0.3) is 11.8 Å². The molecule has 0 unspecified atom stereocenters. The second-order valence-electron chi connectivity index (χ2n) is 6.67. The van der Waals surface area contributed by atoms with Crippen LogP contribution in [0, 0.1) is 6.92 Å². The van der Waals surface area contributed by atoms with Gasteiger partial charge in [-0.15, -0.1) is 0 Å². The molecule has 0 aromatic heterocycles. The first-order valence-electron chi connectivity index (χ1n) is 9.05. The van der Waals surface area contributed by atoms with Crippen molar-refractivity contribution in [2.45, 2.75) is 13.5 Å². The summed E-state index contributed by atoms with van der Waals surface area (Å²) in [4.78, 5) is 29.0. The van der Waals surface area contributed by atoms with Crippen molar-refractivity contribution in [2.75, 3.05) is 33.3 Å². The average Bonchev–Trinajstić information content (AvgIpc) is 2.73. The predicted octanol–water partition coefficient (Wildman–Crippen LogP) is 2.06. The molecule has 0 saturated carbocycles. The molecule has 1 aliphatic heterocycles. The summed E-state index contributed by atoms with van der Waals surface area (Å²) in [5.74, 6) is 0.658. The van der Waals surface area contributed by atoms with E-state index < -0.39 is 0 Å². The lowest BCUT2D eigenvalue weighted by molar-refractivity contribution is 0.0535. The van der Waals surface area contributed by atoms with E-state index in [1.54, 1.807) is 35.1 Å². The number of hydrogen-bond donors (Lipinski definition) is 1. The molecule has 0 atom stereocenters. The Morgan fingerprint density at radius 3 is 1.96 bits per heavy atom. The number of hydrogen-bond acceptors (Lipinski definition) is 4. The number of nitrogens with two attached hydrogens (primary N) is 1. The summed E-state index contributed by atoms with van der Waals surface area (Å²) in [6, 6.07) is 12.8. The Balaban J connectivity index is 1.62. The van der Waals surface area contributed by atoms with Crippen LogP contribution in [-0.2, 0) is 6.54 Å². The van der Waals surface area contributed by atoms with E-state index in [1.165, 1.54) is 0 Å². The van der Waals surface area contributed by atoms with E-state index >= 15 is 0 Å². The van der Waals surface area contributed by atoms with Gasteiger partial charge in [-0.3, -0.25) is 9.59 Å². The van der Waals surface area contributed by atoms with E-state index in [1.807, 2.05) is 31.2 Å². The van der Waals surface area contributed by atoms with Crippen molar-refractivity contribution in [1.82, 2.24) is 9.80 Å². The highest BCUT2D eigenvalue weighted by Gasteiger charge is 2.25. The maximum Gasteiger partial charge on any atom is 0.254 e. The minimum absolute atomic E-state index is 0.0114. The largest absolute Gasteiger partial charge is 0.496 e. The molecule has 3 rings (SSSR count). The SMILES string of the molecule is COc1cc(C(=O)N2CCN(C(=O)c3ccc(CN)cc3)CC2)ccc1C. The number of piperazine rings is 1. The molecule has 2 N–H and O–H groups in total. The van der Waals surface area contributed by atoms with Crippen molar-refractivity contribution in [3.05, 3.63) is 64.7 Å². The Labute approximate surface area is 159 Å². The number of aryl methyl sites for hydroxylation is 1. The molecule has 142 valence electrons. The minimum Gasteiger partial charge on any atom is -0.496 e. The molecule has 0 radical (unpaired) electrons. The molecular formula is C21H25N3O3. The predicted molar refractivity (Wildman–Crippen MR) is 104 cm³/mol. The van der Waals surface area contributed by atoms with Crippen LogP contribution in [0.3, 0.4) is 0 Å². The lowest BCUT2D eigenvalue weighted by Crippen LogP contribution is -2.50. The molecule has 2 aromatic rings. The van der Waals surface area contributed by atoms with E-state index in [0.717, 1.165) is 11.1 Å². The second-order valence-corrected chi connectivity index (χ2v) is 6.67. The van der Waals surface area contributed by atoms with Gasteiger partial charge in [0.2, 0.25) is 0 Å². The Bertz CT molecular complexity index is 825. The van der Waals surface area contributed by atoms with Gasteiger partial charge in [-0.05, 0) is 42.3 Å². The number of ether oxygens (including phenoxy) is 1. The lowest BCUT2D eigenvalue weighted by Gasteiger charge is -2.35. The molecule has 1 aliphatic rings. The zero-order valence-corrected chi connectivity index (χ0v) is 15.8. The van der Waals surface area contributed by atoms with Crippen molar-refractivity contribution in [3.63, 3.8) is 0 Å². The first-order chi connectivity index (χ1) is 13.0. The van der Waals surface area contributed by atoms with Gasteiger partial charge in [0.05, 0.1) is 7.11 Å². The first kappa shape index (κ1) is 18.9. The normalized spacial score (nSPS) is 14.2. The van der Waals surface area contributed by atoms with Crippen molar-refractivity contribution >= 4 is 11.8 Å². The number of amides is 2. The summed E-state index contributed by atoms with van der Waals surface area (Å²) in [5, 5.41) is 0. The number of carbonyl (C=O) groups excluding carboxylic acids is 2. The highest BCUT2D eigenvalue weighted by molar-refractivity contribution is 5.96. The Kier molecular flexibility index (Phi) is 5.76. The van der Waals surface area contributed by atoms with Crippen LogP contribution in [0.4, 0.5) is 0 Å². The van der Waals surface area contributed by atoms with Crippen LogP contribution >= 0.6 is 0 Å². The van der Waals surface area contributed by atoms with Crippen molar-refractivity contribution in [3.8, 4) is 5.75 Å². The fourth-order valence-corrected chi connectivity index (χ4v) is 3.21. The van der Waals surface area contributed by atoms with E-state index in [0.29, 0.717) is 49.6 Å². The van der Waals surface area contributed by atoms with Crippen LogP contribution in [0.2, 0.25) is 0 Å². The molecule has 27 heavy (non-hydrogen) atoms. The summed E-state index contributed by atoms with van der Waals surface area (Å²) in [6.45, 7) is 4.47. The van der Waals surface area contributed by atoms with Gasteiger partial charge in [0, 0.05) is 43.9 Å². The zero-order valence-electron chi connectivity index (χ0n) is 15.8. The maximum absolute atomic E-state index is 12.8. The third-order valence-corrected chi connectivity index (χ3v) is 4.95. The van der Waals surface area contributed by atoms with E-state index in [-0.39, 0.29) is 11.8 Å². The summed E-state index contributed by atoms with van der Waals surface area (Å²) < 4.78 is 5.31. The molecule has 0 bridgehead atoms. The standard InChI is InChI=1S/C21H25N3O3/c1-15-3-6-18(13-19(15)27-2)21(26)24-11-9-23(10-12-24)20(25)17-7-4-16(14-22)5-8-17/h3-8,13H,9-12,14,22H2,1-2H3. The molecule has 6 nitrogen and oxygen atoms in total. The van der Waals surface area contributed by atoms with E-state index in [2.05, 4.69) is 0 Å². The molecule has 1 heterocycles. The Hall–Kier alpha value is -2.86. The van der Waals surface area contributed by atoms with Crippen molar-refractivity contribution in [2.24, 2.45) is 5.73 Å². The minimum atomic E-state index is -0.0345. The van der Waals surface area contributed by atoms with E-state index in [9.17, 15) is 9.59 Å². The maximum atomic E-state index is 12.8. The zero-order chi connectivity index (χ0) is 19.4. The molecular weight excluding hydrogens is 342 g/mol. The first-order valence-corrected chi connectivity index (χ1v) is 9.05.